The molecule has 0 saturated heterocycles. The third-order valence-corrected chi connectivity index (χ3v) is 4.01. The number of benzene rings is 1. The molecule has 4 nitrogen and oxygen atoms in total. The van der Waals surface area contributed by atoms with E-state index in [1.54, 1.807) is 20.4 Å². The lowest BCUT2D eigenvalue weighted by Crippen LogP contribution is -2.06. The number of nitrogens with zero attached hydrogens (tertiary/aromatic N) is 1. The van der Waals surface area contributed by atoms with Crippen molar-refractivity contribution in [2.75, 3.05) is 37.6 Å². The van der Waals surface area contributed by atoms with Crippen molar-refractivity contribution < 1.29 is 9.47 Å². The third kappa shape index (κ3) is 3.82. The molecule has 0 aliphatic heterocycles. The van der Waals surface area contributed by atoms with E-state index in [9.17, 15) is 0 Å². The van der Waals surface area contributed by atoms with E-state index >= 15 is 0 Å². The Morgan fingerprint density at radius 2 is 2.05 bits per heavy atom. The predicted octanol–water partition coefficient (Wildman–Crippen LogP) is 3.58. The van der Waals surface area contributed by atoms with E-state index in [1.807, 2.05) is 36.0 Å². The fourth-order valence-electron chi connectivity index (χ4n) is 2.05. The zero-order valence-electron chi connectivity index (χ0n) is 12.4. The van der Waals surface area contributed by atoms with Gasteiger partial charge in [0.25, 0.3) is 0 Å². The van der Waals surface area contributed by atoms with Gasteiger partial charge in [0.05, 0.1) is 14.2 Å². The van der Waals surface area contributed by atoms with Gasteiger partial charge in [-0.25, -0.2) is 4.98 Å². The zero-order chi connectivity index (χ0) is 15.1. The molecule has 0 spiro atoms. The molecule has 0 saturated carbocycles. The highest BCUT2D eigenvalue weighted by Gasteiger charge is 2.09. The number of anilines is 1. The van der Waals surface area contributed by atoms with Gasteiger partial charge in [0.15, 0.2) is 11.5 Å². The number of pyridine rings is 1. The fourth-order valence-corrected chi connectivity index (χ4v) is 2.63. The molecular formula is C16H20N2O2S. The summed E-state index contributed by atoms with van der Waals surface area (Å²) < 4.78 is 10.7. The summed E-state index contributed by atoms with van der Waals surface area (Å²) in [6.07, 6.45) is 3.71. The number of aromatic nitrogens is 1. The molecule has 0 bridgehead atoms. The van der Waals surface area contributed by atoms with Gasteiger partial charge in [-0.2, -0.15) is 11.8 Å². The van der Waals surface area contributed by atoms with E-state index in [1.165, 1.54) is 0 Å². The van der Waals surface area contributed by atoms with Crippen LogP contribution in [0.15, 0.2) is 37.1 Å². The van der Waals surface area contributed by atoms with Gasteiger partial charge in [0.2, 0.25) is 0 Å². The van der Waals surface area contributed by atoms with Gasteiger partial charge in [0, 0.05) is 29.6 Å². The average Bonchev–Trinajstić information content (AvgIpc) is 2.53. The molecule has 0 fully saturated rings. The summed E-state index contributed by atoms with van der Waals surface area (Å²) >= 11 is 1.84. The molecule has 2 aromatic rings. The molecule has 0 aliphatic rings. The maximum absolute atomic E-state index is 5.36. The van der Waals surface area contributed by atoms with E-state index in [2.05, 4.69) is 16.9 Å². The maximum Gasteiger partial charge on any atom is 0.161 e. The van der Waals surface area contributed by atoms with Crippen molar-refractivity contribution in [1.82, 2.24) is 4.98 Å². The molecule has 1 aromatic carbocycles. The van der Waals surface area contributed by atoms with Crippen LogP contribution in [0.4, 0.5) is 5.82 Å². The summed E-state index contributed by atoms with van der Waals surface area (Å²) in [4.78, 5) is 4.42. The van der Waals surface area contributed by atoms with Crippen LogP contribution in [0.25, 0.3) is 10.8 Å². The second-order valence-electron chi connectivity index (χ2n) is 4.38. The van der Waals surface area contributed by atoms with Crippen LogP contribution in [0.2, 0.25) is 0 Å². The molecule has 1 aromatic heterocycles. The average molecular weight is 304 g/mol. The highest BCUT2D eigenvalue weighted by molar-refractivity contribution is 7.99. The van der Waals surface area contributed by atoms with Crippen LogP contribution < -0.4 is 14.8 Å². The van der Waals surface area contributed by atoms with Gasteiger partial charge in [-0.15, -0.1) is 6.58 Å². The Bertz CT molecular complexity index is 616. The topological polar surface area (TPSA) is 43.4 Å². The summed E-state index contributed by atoms with van der Waals surface area (Å²) in [5, 5.41) is 5.48. The lowest BCUT2D eigenvalue weighted by molar-refractivity contribution is 0.356. The summed E-state index contributed by atoms with van der Waals surface area (Å²) in [6, 6.07) is 5.89. The minimum atomic E-state index is 0.710. The first-order chi connectivity index (χ1) is 10.3. The largest absolute Gasteiger partial charge is 0.493 e. The van der Waals surface area contributed by atoms with Gasteiger partial charge in [-0.1, -0.05) is 6.08 Å². The molecule has 0 unspecified atom stereocenters. The summed E-state index contributed by atoms with van der Waals surface area (Å²) in [5.41, 5.74) is 0. The van der Waals surface area contributed by atoms with Gasteiger partial charge < -0.3 is 14.8 Å². The third-order valence-electron chi connectivity index (χ3n) is 3.04. The zero-order valence-corrected chi connectivity index (χ0v) is 13.2. The quantitative estimate of drug-likeness (QED) is 0.596. The molecule has 0 atom stereocenters. The van der Waals surface area contributed by atoms with Crippen molar-refractivity contribution in [3.63, 3.8) is 0 Å². The van der Waals surface area contributed by atoms with Crippen LogP contribution >= 0.6 is 11.8 Å². The first-order valence-corrected chi connectivity index (χ1v) is 7.89. The van der Waals surface area contributed by atoms with Gasteiger partial charge >= 0.3 is 0 Å². The van der Waals surface area contributed by atoms with Crippen LogP contribution in [0.1, 0.15) is 0 Å². The number of nitrogens with one attached hydrogen (secondary N) is 1. The number of hydrogen-bond acceptors (Lipinski definition) is 5. The molecule has 21 heavy (non-hydrogen) atoms. The van der Waals surface area contributed by atoms with Gasteiger partial charge in [-0.05, 0) is 23.6 Å². The molecule has 1 N–H and O–H groups in total. The molecule has 0 aliphatic carbocycles. The Hall–Kier alpha value is -1.88. The summed E-state index contributed by atoms with van der Waals surface area (Å²) in [6.45, 7) is 4.57. The molecule has 112 valence electrons. The first-order valence-electron chi connectivity index (χ1n) is 6.73. The Balaban J connectivity index is 2.21. The SMILES string of the molecule is C=CCSCCNc1nccc2cc(OC)c(OC)cc12. The minimum absolute atomic E-state index is 0.710. The van der Waals surface area contributed by atoms with Gasteiger partial charge in [-0.3, -0.25) is 0 Å². The van der Waals surface area contributed by atoms with Crippen LogP contribution in [-0.2, 0) is 0 Å². The van der Waals surface area contributed by atoms with Crippen molar-refractivity contribution in [3.8, 4) is 11.5 Å². The summed E-state index contributed by atoms with van der Waals surface area (Å²) in [5.74, 6) is 4.28. The molecular weight excluding hydrogens is 284 g/mol. The van der Waals surface area contributed by atoms with Crippen LogP contribution in [0.3, 0.4) is 0 Å². The molecule has 5 heteroatoms. The van der Waals surface area contributed by atoms with Crippen LogP contribution in [0, 0.1) is 0 Å². The summed E-state index contributed by atoms with van der Waals surface area (Å²) in [7, 11) is 3.28. The van der Waals surface area contributed by atoms with Crippen molar-refractivity contribution >= 4 is 28.4 Å². The smallest absolute Gasteiger partial charge is 0.161 e. The first kappa shape index (κ1) is 15.5. The van der Waals surface area contributed by atoms with Gasteiger partial charge in [0.1, 0.15) is 5.82 Å². The van der Waals surface area contributed by atoms with E-state index in [4.69, 9.17) is 9.47 Å². The highest BCUT2D eigenvalue weighted by Crippen LogP contribution is 2.34. The second kappa shape index (κ2) is 7.78. The Morgan fingerprint density at radius 1 is 1.29 bits per heavy atom. The maximum atomic E-state index is 5.36. The number of methoxy groups -OCH3 is 2. The van der Waals surface area contributed by atoms with Crippen molar-refractivity contribution in [2.45, 2.75) is 0 Å². The Labute approximate surface area is 129 Å². The van der Waals surface area contributed by atoms with Crippen LogP contribution in [-0.4, -0.2) is 37.3 Å². The number of ether oxygens (including phenoxy) is 2. The Morgan fingerprint density at radius 3 is 2.76 bits per heavy atom. The standard InChI is InChI=1S/C16H20N2O2S/c1-4-8-21-9-7-18-16-13-11-15(20-3)14(19-2)10-12(13)5-6-17-16/h4-6,10-11H,1,7-9H2,2-3H3,(H,17,18). The monoisotopic (exact) mass is 304 g/mol. The van der Waals surface area contributed by atoms with E-state index < -0.39 is 0 Å². The number of thioether (sulfide) groups is 1. The second-order valence-corrected chi connectivity index (χ2v) is 5.53. The minimum Gasteiger partial charge on any atom is -0.493 e. The van der Waals surface area contributed by atoms with Crippen LogP contribution in [0.5, 0.6) is 11.5 Å². The molecule has 1 heterocycles. The molecule has 0 radical (unpaired) electrons. The molecule has 0 amide bonds. The van der Waals surface area contributed by atoms with Crippen molar-refractivity contribution in [2.24, 2.45) is 0 Å². The lowest BCUT2D eigenvalue weighted by Gasteiger charge is -2.12. The number of hydrogen-bond donors (Lipinski definition) is 1. The van der Waals surface area contributed by atoms with Crippen molar-refractivity contribution in [1.29, 1.82) is 0 Å². The number of rotatable bonds is 8. The predicted molar refractivity (Wildman–Crippen MR) is 90.9 cm³/mol. The normalized spacial score (nSPS) is 10.4. The lowest BCUT2D eigenvalue weighted by atomic mass is 10.1. The fraction of sp³-hybridized carbons (Fsp3) is 0.312. The highest BCUT2D eigenvalue weighted by atomic mass is 32.2. The van der Waals surface area contributed by atoms with E-state index in [-0.39, 0.29) is 0 Å². The van der Waals surface area contributed by atoms with E-state index in [0.29, 0.717) is 5.75 Å². The Kier molecular flexibility index (Phi) is 5.75. The molecule has 2 rings (SSSR count). The van der Waals surface area contributed by atoms with E-state index in [0.717, 1.165) is 40.4 Å². The number of fused-ring (bicyclic) bond motifs is 1. The van der Waals surface area contributed by atoms with Crippen molar-refractivity contribution in [3.05, 3.63) is 37.1 Å².